The minimum Gasteiger partial charge on any atom is -0.363 e. The van der Waals surface area contributed by atoms with Crippen molar-refractivity contribution in [3.63, 3.8) is 0 Å². The Morgan fingerprint density at radius 1 is 1.40 bits per heavy atom. The highest BCUT2D eigenvalue weighted by Crippen LogP contribution is 2.21. The summed E-state index contributed by atoms with van der Waals surface area (Å²) in [5.74, 6) is 0.558. The summed E-state index contributed by atoms with van der Waals surface area (Å²) in [6.07, 6.45) is 1.61. The minimum absolute atomic E-state index is 0.267. The van der Waals surface area contributed by atoms with Gasteiger partial charge in [0.05, 0.1) is 28.0 Å². The first-order valence-electron chi connectivity index (χ1n) is 6.09. The smallest absolute Gasteiger partial charge is 0.246 e. The molecule has 0 fully saturated rings. The molecule has 0 saturated carbocycles. The molecule has 1 unspecified atom stereocenters. The van der Waals surface area contributed by atoms with Crippen molar-refractivity contribution in [2.75, 3.05) is 24.3 Å². The van der Waals surface area contributed by atoms with Crippen LogP contribution in [-0.2, 0) is 4.79 Å². The number of pyridine rings is 1. The van der Waals surface area contributed by atoms with E-state index in [2.05, 4.69) is 15.3 Å². The van der Waals surface area contributed by atoms with Gasteiger partial charge in [0.1, 0.15) is 11.9 Å². The number of thiazole rings is 1. The summed E-state index contributed by atoms with van der Waals surface area (Å²) >= 11 is 1.38. The molecule has 0 aliphatic rings. The van der Waals surface area contributed by atoms with Gasteiger partial charge >= 0.3 is 0 Å². The number of amides is 1. The summed E-state index contributed by atoms with van der Waals surface area (Å²) in [6.45, 7) is 1.84. The van der Waals surface area contributed by atoms with Gasteiger partial charge in [-0.1, -0.05) is 0 Å². The summed E-state index contributed by atoms with van der Waals surface area (Å²) in [7, 11) is 3.81. The summed E-state index contributed by atoms with van der Waals surface area (Å²) in [4.78, 5) is 23.1. The van der Waals surface area contributed by atoms with Gasteiger partial charge in [0.15, 0.2) is 0 Å². The first kappa shape index (κ1) is 14.4. The Hall–Kier alpha value is -1.99. The number of nitrogens with two attached hydrogens (primary N) is 1. The molecule has 1 amide bonds. The lowest BCUT2D eigenvalue weighted by molar-refractivity contribution is -0.117. The molecule has 1 atom stereocenters. The number of carbonyl (C=O) groups is 1. The number of hydrogen-bond acceptors (Lipinski definition) is 6. The van der Waals surface area contributed by atoms with E-state index >= 15 is 0 Å². The average molecular weight is 291 g/mol. The largest absolute Gasteiger partial charge is 0.363 e. The van der Waals surface area contributed by atoms with Crippen LogP contribution in [-0.4, -0.2) is 30.0 Å². The van der Waals surface area contributed by atoms with Gasteiger partial charge in [-0.25, -0.2) is 9.97 Å². The van der Waals surface area contributed by atoms with E-state index in [4.69, 9.17) is 5.73 Å². The molecule has 106 valence electrons. The van der Waals surface area contributed by atoms with E-state index in [-0.39, 0.29) is 5.91 Å². The van der Waals surface area contributed by atoms with Gasteiger partial charge < -0.3 is 16.0 Å². The van der Waals surface area contributed by atoms with E-state index in [9.17, 15) is 4.79 Å². The molecule has 0 spiro atoms. The lowest BCUT2D eigenvalue weighted by atomic mass is 10.2. The highest BCUT2D eigenvalue weighted by atomic mass is 32.1. The maximum atomic E-state index is 12.1. The van der Waals surface area contributed by atoms with Gasteiger partial charge in [-0.15, -0.1) is 11.3 Å². The fourth-order valence-corrected chi connectivity index (χ4v) is 2.47. The Bertz CT molecular complexity index is 593. The molecule has 0 bridgehead atoms. The minimum atomic E-state index is -0.712. The quantitative estimate of drug-likeness (QED) is 0.893. The standard InChI is InChI=1S/C13H17N5OS/c1-8-12(20-7-16-8)11(14)13(19)17-9-4-5-10(15-6-9)18(2)3/h4-7,11H,14H2,1-3H3,(H,17,19). The number of carbonyl (C=O) groups excluding carboxylic acids is 1. The van der Waals surface area contributed by atoms with E-state index in [0.717, 1.165) is 16.4 Å². The van der Waals surface area contributed by atoms with E-state index in [1.807, 2.05) is 32.0 Å². The zero-order chi connectivity index (χ0) is 14.7. The fourth-order valence-electron chi connectivity index (χ4n) is 1.67. The van der Waals surface area contributed by atoms with Crippen molar-refractivity contribution in [3.05, 3.63) is 34.4 Å². The van der Waals surface area contributed by atoms with E-state index in [1.54, 1.807) is 17.8 Å². The van der Waals surface area contributed by atoms with E-state index < -0.39 is 6.04 Å². The summed E-state index contributed by atoms with van der Waals surface area (Å²) in [6, 6.07) is 2.92. The van der Waals surface area contributed by atoms with Gasteiger partial charge in [-0.3, -0.25) is 4.79 Å². The van der Waals surface area contributed by atoms with Gasteiger partial charge in [-0.2, -0.15) is 0 Å². The molecule has 0 aliphatic heterocycles. The molecule has 20 heavy (non-hydrogen) atoms. The summed E-state index contributed by atoms with van der Waals surface area (Å²) in [5.41, 5.74) is 9.04. The Morgan fingerprint density at radius 2 is 2.15 bits per heavy atom. The van der Waals surface area contributed by atoms with Crippen LogP contribution in [0.5, 0.6) is 0 Å². The zero-order valence-electron chi connectivity index (χ0n) is 11.6. The molecule has 2 heterocycles. The fraction of sp³-hybridized carbons (Fsp3) is 0.308. The summed E-state index contributed by atoms with van der Waals surface area (Å²) < 4.78 is 0. The molecule has 2 rings (SSSR count). The third-order valence-corrected chi connectivity index (χ3v) is 3.84. The normalized spacial score (nSPS) is 12.0. The first-order chi connectivity index (χ1) is 9.49. The van der Waals surface area contributed by atoms with Crippen LogP contribution in [0.4, 0.5) is 11.5 Å². The predicted molar refractivity (Wildman–Crippen MR) is 81.0 cm³/mol. The molecule has 7 heteroatoms. The second kappa shape index (κ2) is 5.98. The average Bonchev–Trinajstić information content (AvgIpc) is 2.84. The molecule has 0 aliphatic carbocycles. The van der Waals surface area contributed by atoms with Crippen molar-refractivity contribution in [1.29, 1.82) is 0 Å². The van der Waals surface area contributed by atoms with Gasteiger partial charge in [0.25, 0.3) is 0 Å². The molecule has 0 saturated heterocycles. The first-order valence-corrected chi connectivity index (χ1v) is 6.97. The van der Waals surface area contributed by atoms with Crippen LogP contribution in [0.1, 0.15) is 16.6 Å². The Kier molecular flexibility index (Phi) is 4.31. The van der Waals surface area contributed by atoms with Crippen molar-refractivity contribution >= 4 is 28.7 Å². The van der Waals surface area contributed by atoms with Crippen LogP contribution in [0.15, 0.2) is 23.8 Å². The highest BCUT2D eigenvalue weighted by molar-refractivity contribution is 7.10. The van der Waals surface area contributed by atoms with Crippen LogP contribution in [0.25, 0.3) is 0 Å². The van der Waals surface area contributed by atoms with Crippen LogP contribution in [0.3, 0.4) is 0 Å². The van der Waals surface area contributed by atoms with E-state index in [1.165, 1.54) is 11.3 Å². The highest BCUT2D eigenvalue weighted by Gasteiger charge is 2.19. The number of hydrogen-bond donors (Lipinski definition) is 2. The molecular weight excluding hydrogens is 274 g/mol. The molecule has 2 aromatic rings. The number of aromatic nitrogens is 2. The third kappa shape index (κ3) is 3.12. The van der Waals surface area contributed by atoms with Crippen molar-refractivity contribution in [2.45, 2.75) is 13.0 Å². The third-order valence-electron chi connectivity index (χ3n) is 2.82. The van der Waals surface area contributed by atoms with Crippen LogP contribution in [0, 0.1) is 6.92 Å². The Labute approximate surface area is 121 Å². The predicted octanol–water partition coefficient (Wildman–Crippen LogP) is 1.55. The molecule has 2 aromatic heterocycles. The van der Waals surface area contributed by atoms with Crippen molar-refractivity contribution in [1.82, 2.24) is 9.97 Å². The van der Waals surface area contributed by atoms with Crippen molar-refractivity contribution in [3.8, 4) is 0 Å². The molecular formula is C13H17N5OS. The number of nitrogens with one attached hydrogen (secondary N) is 1. The number of rotatable bonds is 4. The molecule has 0 aromatic carbocycles. The van der Waals surface area contributed by atoms with Crippen molar-refractivity contribution in [2.24, 2.45) is 5.73 Å². The second-order valence-electron chi connectivity index (χ2n) is 4.57. The monoisotopic (exact) mass is 291 g/mol. The zero-order valence-corrected chi connectivity index (χ0v) is 12.4. The lowest BCUT2D eigenvalue weighted by Gasteiger charge is -2.13. The number of nitrogens with zero attached hydrogens (tertiary/aromatic N) is 3. The molecule has 0 radical (unpaired) electrons. The van der Waals surface area contributed by atoms with E-state index in [0.29, 0.717) is 5.69 Å². The lowest BCUT2D eigenvalue weighted by Crippen LogP contribution is -2.27. The van der Waals surface area contributed by atoms with Gasteiger partial charge in [0.2, 0.25) is 5.91 Å². The topological polar surface area (TPSA) is 84.1 Å². The number of anilines is 2. The summed E-state index contributed by atoms with van der Waals surface area (Å²) in [5, 5.41) is 2.76. The van der Waals surface area contributed by atoms with Gasteiger partial charge in [-0.05, 0) is 19.1 Å². The maximum Gasteiger partial charge on any atom is 0.246 e. The molecule has 6 nitrogen and oxygen atoms in total. The Morgan fingerprint density at radius 3 is 2.65 bits per heavy atom. The second-order valence-corrected chi connectivity index (χ2v) is 5.45. The van der Waals surface area contributed by atoms with Crippen LogP contribution in [0.2, 0.25) is 0 Å². The number of aryl methyl sites for hydroxylation is 1. The SMILES string of the molecule is Cc1ncsc1C(N)C(=O)Nc1ccc(N(C)C)nc1. The van der Waals surface area contributed by atoms with Crippen molar-refractivity contribution < 1.29 is 4.79 Å². The molecule has 3 N–H and O–H groups in total. The van der Waals surface area contributed by atoms with Gasteiger partial charge in [0, 0.05) is 14.1 Å². The van der Waals surface area contributed by atoms with Crippen LogP contribution >= 0.6 is 11.3 Å². The van der Waals surface area contributed by atoms with Crippen LogP contribution < -0.4 is 16.0 Å². The maximum absolute atomic E-state index is 12.1. The Balaban J connectivity index is 2.06.